The van der Waals surface area contributed by atoms with Crippen molar-refractivity contribution < 1.29 is 17.9 Å². The van der Waals surface area contributed by atoms with Crippen LogP contribution in [-0.2, 0) is 14.8 Å². The number of halogens is 1. The summed E-state index contributed by atoms with van der Waals surface area (Å²) in [5.74, 6) is 0.114. The molecule has 8 heteroatoms. The molecule has 2 rings (SSSR count). The van der Waals surface area contributed by atoms with E-state index in [4.69, 9.17) is 16.3 Å². The molecule has 2 aromatic carbocycles. The Morgan fingerprint density at radius 2 is 1.93 bits per heavy atom. The minimum Gasteiger partial charge on any atom is -0.483 e. The van der Waals surface area contributed by atoms with E-state index < -0.39 is 10.0 Å². The molecular weight excluding hydrogens is 388 g/mol. The van der Waals surface area contributed by atoms with Gasteiger partial charge in [0, 0.05) is 17.3 Å². The second kappa shape index (κ2) is 9.21. The number of hydrogen-bond donors (Lipinski definition) is 2. The molecule has 0 bridgehead atoms. The molecular formula is C19H23ClN2O4S. The van der Waals surface area contributed by atoms with Gasteiger partial charge in [0.25, 0.3) is 5.91 Å². The van der Waals surface area contributed by atoms with Gasteiger partial charge in [-0.1, -0.05) is 24.6 Å². The topological polar surface area (TPSA) is 84.5 Å². The van der Waals surface area contributed by atoms with Crippen molar-refractivity contribution >= 4 is 33.2 Å². The van der Waals surface area contributed by atoms with E-state index in [1.165, 1.54) is 12.1 Å². The monoisotopic (exact) mass is 410 g/mol. The first-order valence-electron chi connectivity index (χ1n) is 8.52. The Balaban J connectivity index is 2.01. The van der Waals surface area contributed by atoms with Crippen LogP contribution in [0.2, 0.25) is 5.02 Å². The molecule has 2 aromatic rings. The van der Waals surface area contributed by atoms with Crippen LogP contribution in [0.25, 0.3) is 0 Å². The molecule has 0 aliphatic heterocycles. The van der Waals surface area contributed by atoms with Gasteiger partial charge in [-0.05, 0) is 61.7 Å². The third-order valence-corrected chi connectivity index (χ3v) is 5.77. The average molecular weight is 411 g/mol. The summed E-state index contributed by atoms with van der Waals surface area (Å²) in [6, 6.07) is 9.78. The summed E-state index contributed by atoms with van der Waals surface area (Å²) < 4.78 is 32.4. The molecule has 0 aliphatic carbocycles. The van der Waals surface area contributed by atoms with E-state index in [0.29, 0.717) is 35.0 Å². The van der Waals surface area contributed by atoms with Gasteiger partial charge in [0.1, 0.15) is 5.75 Å². The number of nitrogens with one attached hydrogen (secondary N) is 2. The van der Waals surface area contributed by atoms with Crippen LogP contribution in [0.3, 0.4) is 0 Å². The molecule has 0 saturated heterocycles. The third-order valence-electron chi connectivity index (χ3n) is 3.90. The van der Waals surface area contributed by atoms with Gasteiger partial charge in [-0.2, -0.15) is 0 Å². The molecule has 146 valence electrons. The fourth-order valence-corrected chi connectivity index (χ4v) is 3.74. The number of hydrogen-bond acceptors (Lipinski definition) is 4. The third kappa shape index (κ3) is 5.69. The molecule has 0 radical (unpaired) electrons. The molecule has 0 saturated carbocycles. The Morgan fingerprint density at radius 3 is 2.59 bits per heavy atom. The highest BCUT2D eigenvalue weighted by atomic mass is 35.5. The van der Waals surface area contributed by atoms with E-state index in [1.807, 2.05) is 13.8 Å². The number of carbonyl (C=O) groups is 1. The van der Waals surface area contributed by atoms with Crippen LogP contribution in [-0.4, -0.2) is 27.5 Å². The zero-order chi connectivity index (χ0) is 20.0. The molecule has 0 heterocycles. The highest BCUT2D eigenvalue weighted by molar-refractivity contribution is 7.89. The summed E-state index contributed by atoms with van der Waals surface area (Å²) in [5.41, 5.74) is 2.02. The van der Waals surface area contributed by atoms with E-state index >= 15 is 0 Å². The molecule has 0 atom stereocenters. The fourth-order valence-electron chi connectivity index (χ4n) is 2.34. The number of rotatable bonds is 8. The molecule has 0 aromatic heterocycles. The summed E-state index contributed by atoms with van der Waals surface area (Å²) in [5, 5.41) is 3.31. The van der Waals surface area contributed by atoms with Crippen LogP contribution in [0.4, 0.5) is 5.69 Å². The van der Waals surface area contributed by atoms with Crippen molar-refractivity contribution in [3.63, 3.8) is 0 Å². The van der Waals surface area contributed by atoms with Crippen molar-refractivity contribution in [3.8, 4) is 5.75 Å². The molecule has 1 amide bonds. The molecule has 27 heavy (non-hydrogen) atoms. The van der Waals surface area contributed by atoms with Crippen molar-refractivity contribution in [2.24, 2.45) is 0 Å². The van der Waals surface area contributed by atoms with Gasteiger partial charge in [0.2, 0.25) is 10.0 Å². The van der Waals surface area contributed by atoms with Crippen LogP contribution < -0.4 is 14.8 Å². The summed E-state index contributed by atoms with van der Waals surface area (Å²) in [6.45, 7) is 5.61. The smallest absolute Gasteiger partial charge is 0.262 e. The fraction of sp³-hybridized carbons (Fsp3) is 0.316. The SMILES string of the molecule is CCCNS(=O)(=O)c1ccc(OCC(=O)Nc2cccc(Cl)c2C)c(C)c1. The molecule has 0 aliphatic rings. The first kappa shape index (κ1) is 21.2. The maximum absolute atomic E-state index is 12.2. The number of sulfonamides is 1. The Hall–Kier alpha value is -2.09. The van der Waals surface area contributed by atoms with Gasteiger partial charge >= 0.3 is 0 Å². The lowest BCUT2D eigenvalue weighted by Crippen LogP contribution is -2.24. The van der Waals surface area contributed by atoms with Crippen molar-refractivity contribution in [2.75, 3.05) is 18.5 Å². The Labute approximate surface area is 164 Å². The van der Waals surface area contributed by atoms with Crippen molar-refractivity contribution in [2.45, 2.75) is 32.1 Å². The van der Waals surface area contributed by atoms with Gasteiger partial charge in [-0.25, -0.2) is 13.1 Å². The largest absolute Gasteiger partial charge is 0.483 e. The number of aryl methyl sites for hydroxylation is 1. The second-order valence-electron chi connectivity index (χ2n) is 6.07. The lowest BCUT2D eigenvalue weighted by molar-refractivity contribution is -0.118. The van der Waals surface area contributed by atoms with Crippen LogP contribution in [0.1, 0.15) is 24.5 Å². The van der Waals surface area contributed by atoms with Gasteiger partial charge in [0.05, 0.1) is 4.90 Å². The minimum atomic E-state index is -3.54. The second-order valence-corrected chi connectivity index (χ2v) is 8.25. The van der Waals surface area contributed by atoms with Gasteiger partial charge in [-0.3, -0.25) is 4.79 Å². The summed E-state index contributed by atoms with van der Waals surface area (Å²) in [6.07, 6.45) is 0.709. The minimum absolute atomic E-state index is 0.166. The van der Waals surface area contributed by atoms with Crippen LogP contribution >= 0.6 is 11.6 Å². The zero-order valence-electron chi connectivity index (χ0n) is 15.5. The summed E-state index contributed by atoms with van der Waals surface area (Å²) >= 11 is 6.04. The predicted molar refractivity (Wildman–Crippen MR) is 107 cm³/mol. The zero-order valence-corrected chi connectivity index (χ0v) is 17.1. The molecule has 0 fully saturated rings. The van der Waals surface area contributed by atoms with Crippen LogP contribution in [0, 0.1) is 13.8 Å². The number of benzene rings is 2. The van der Waals surface area contributed by atoms with Crippen molar-refractivity contribution in [3.05, 3.63) is 52.5 Å². The molecule has 2 N–H and O–H groups in total. The Kier molecular flexibility index (Phi) is 7.24. The summed E-state index contributed by atoms with van der Waals surface area (Å²) in [7, 11) is -3.54. The van der Waals surface area contributed by atoms with Gasteiger partial charge in [-0.15, -0.1) is 0 Å². The highest BCUT2D eigenvalue weighted by Crippen LogP contribution is 2.24. The highest BCUT2D eigenvalue weighted by Gasteiger charge is 2.15. The van der Waals surface area contributed by atoms with Crippen molar-refractivity contribution in [1.82, 2.24) is 4.72 Å². The lowest BCUT2D eigenvalue weighted by Gasteiger charge is -2.13. The molecule has 6 nitrogen and oxygen atoms in total. The lowest BCUT2D eigenvalue weighted by atomic mass is 10.2. The normalized spacial score (nSPS) is 11.3. The average Bonchev–Trinajstić information content (AvgIpc) is 2.62. The van der Waals surface area contributed by atoms with E-state index in [9.17, 15) is 13.2 Å². The maximum Gasteiger partial charge on any atom is 0.262 e. The van der Waals surface area contributed by atoms with Crippen LogP contribution in [0.15, 0.2) is 41.3 Å². The number of carbonyl (C=O) groups excluding carboxylic acids is 1. The van der Waals surface area contributed by atoms with E-state index in [0.717, 1.165) is 5.56 Å². The van der Waals surface area contributed by atoms with E-state index in [2.05, 4.69) is 10.0 Å². The van der Waals surface area contributed by atoms with Crippen molar-refractivity contribution in [1.29, 1.82) is 0 Å². The molecule has 0 spiro atoms. The predicted octanol–water partition coefficient (Wildman–Crippen LogP) is 3.66. The number of ether oxygens (including phenoxy) is 1. The number of anilines is 1. The van der Waals surface area contributed by atoms with E-state index in [-0.39, 0.29) is 17.4 Å². The van der Waals surface area contributed by atoms with Gasteiger partial charge < -0.3 is 10.1 Å². The van der Waals surface area contributed by atoms with Crippen LogP contribution in [0.5, 0.6) is 5.75 Å². The quantitative estimate of drug-likeness (QED) is 0.695. The summed E-state index contributed by atoms with van der Waals surface area (Å²) in [4.78, 5) is 12.3. The first-order valence-corrected chi connectivity index (χ1v) is 10.4. The standard InChI is InChI=1S/C19H23ClN2O4S/c1-4-10-21-27(24,25)15-8-9-18(13(2)11-15)26-12-19(23)22-17-7-5-6-16(20)14(17)3/h5-9,11,21H,4,10,12H2,1-3H3,(H,22,23). The molecule has 0 unspecified atom stereocenters. The van der Waals surface area contributed by atoms with Gasteiger partial charge in [0.15, 0.2) is 6.61 Å². The first-order chi connectivity index (χ1) is 12.7. The Bertz CT molecular complexity index is 929. The maximum atomic E-state index is 12.2. The Morgan fingerprint density at radius 1 is 1.19 bits per heavy atom. The number of amides is 1. The van der Waals surface area contributed by atoms with E-state index in [1.54, 1.807) is 31.2 Å².